The number of nitrogens with one attached hydrogen (secondary N) is 1. The third-order valence-corrected chi connectivity index (χ3v) is 7.85. The molecular formula is C25H34N4O4S. The van der Waals surface area contributed by atoms with E-state index in [4.69, 9.17) is 10.5 Å². The maximum atomic E-state index is 13.4. The second-order valence-corrected chi connectivity index (χ2v) is 10.1. The van der Waals surface area contributed by atoms with Crippen molar-refractivity contribution in [3.8, 4) is 10.4 Å². The molecule has 2 amide bonds. The van der Waals surface area contributed by atoms with E-state index in [0.29, 0.717) is 19.0 Å². The Morgan fingerprint density at radius 1 is 1.35 bits per heavy atom. The van der Waals surface area contributed by atoms with Gasteiger partial charge in [0.15, 0.2) is 0 Å². The molecule has 2 aromatic rings. The molecule has 0 aromatic carbocycles. The normalized spacial score (nSPS) is 18.8. The number of nitrogens with zero attached hydrogens (tertiary/aromatic N) is 2. The zero-order chi connectivity index (χ0) is 24.1. The van der Waals surface area contributed by atoms with Gasteiger partial charge in [0.25, 0.3) is 5.91 Å². The molecule has 0 bridgehead atoms. The molecule has 184 valence electrons. The topological polar surface area (TPSA) is 107 Å². The molecule has 8 nitrogen and oxygen atoms in total. The lowest BCUT2D eigenvalue weighted by Gasteiger charge is -2.33. The fourth-order valence-corrected chi connectivity index (χ4v) is 5.79. The standard InChI is InChI=1S/C25H34N4O4S/c1-16(29(18-10-11-18)24(30)20-9-3-4-14-33-20)21-15-17(7-5-13-28-25(31)32-2)22(34-21)19-8-6-12-27-23(19)26/h6,8,12,15-16,18,20H,3-5,7,9-11,13-14H2,1-2H3,(H2,26,27)(H,28,31)/t16?,20-/m1/s1. The first-order valence-corrected chi connectivity index (χ1v) is 12.9. The van der Waals surface area contributed by atoms with Crippen LogP contribution in [0.3, 0.4) is 0 Å². The predicted molar refractivity (Wildman–Crippen MR) is 133 cm³/mol. The maximum Gasteiger partial charge on any atom is 0.406 e. The number of carbonyl (C=O) groups is 2. The number of rotatable bonds is 9. The van der Waals surface area contributed by atoms with Gasteiger partial charge in [-0.25, -0.2) is 9.78 Å². The molecule has 2 fully saturated rings. The van der Waals surface area contributed by atoms with Gasteiger partial charge in [0.1, 0.15) is 11.9 Å². The van der Waals surface area contributed by atoms with Crippen molar-refractivity contribution in [1.29, 1.82) is 0 Å². The highest BCUT2D eigenvalue weighted by molar-refractivity contribution is 7.15. The van der Waals surface area contributed by atoms with Crippen LogP contribution in [0.5, 0.6) is 0 Å². The Labute approximate surface area is 204 Å². The van der Waals surface area contributed by atoms with E-state index in [0.717, 1.165) is 65.8 Å². The van der Waals surface area contributed by atoms with E-state index >= 15 is 0 Å². The van der Waals surface area contributed by atoms with Crippen LogP contribution in [0.1, 0.15) is 61.9 Å². The average Bonchev–Trinajstić information content (AvgIpc) is 3.60. The summed E-state index contributed by atoms with van der Waals surface area (Å²) < 4.78 is 10.5. The Hall–Kier alpha value is -2.65. The number of alkyl carbamates (subject to hydrolysis) is 1. The summed E-state index contributed by atoms with van der Waals surface area (Å²) in [5.74, 6) is 0.609. The summed E-state index contributed by atoms with van der Waals surface area (Å²) in [5, 5.41) is 2.73. The molecule has 4 rings (SSSR count). The third-order valence-electron chi connectivity index (χ3n) is 6.47. The zero-order valence-electron chi connectivity index (χ0n) is 19.9. The maximum absolute atomic E-state index is 13.4. The van der Waals surface area contributed by atoms with Crippen LogP contribution in [-0.4, -0.2) is 54.3 Å². The molecule has 34 heavy (non-hydrogen) atoms. The highest BCUT2D eigenvalue weighted by Crippen LogP contribution is 2.43. The van der Waals surface area contributed by atoms with E-state index in [1.807, 2.05) is 12.1 Å². The number of ether oxygens (including phenoxy) is 2. The van der Waals surface area contributed by atoms with Gasteiger partial charge >= 0.3 is 6.09 Å². The monoisotopic (exact) mass is 486 g/mol. The SMILES string of the molecule is COC(=O)NCCCc1cc(C(C)N(C(=O)[C@H]2CCCCO2)C2CC2)sc1-c1cccnc1N. The summed E-state index contributed by atoms with van der Waals surface area (Å²) in [6, 6.07) is 6.30. The molecule has 2 aromatic heterocycles. The molecule has 2 aliphatic rings. The highest BCUT2D eigenvalue weighted by atomic mass is 32.1. The van der Waals surface area contributed by atoms with Crippen LogP contribution >= 0.6 is 11.3 Å². The Morgan fingerprint density at radius 2 is 2.18 bits per heavy atom. The van der Waals surface area contributed by atoms with Crippen LogP contribution in [0.2, 0.25) is 0 Å². The Balaban J connectivity index is 1.58. The van der Waals surface area contributed by atoms with Crippen LogP contribution in [-0.2, 0) is 20.7 Å². The lowest BCUT2D eigenvalue weighted by atomic mass is 10.0. The highest BCUT2D eigenvalue weighted by Gasteiger charge is 2.40. The minimum absolute atomic E-state index is 0.0471. The number of hydrogen-bond donors (Lipinski definition) is 2. The van der Waals surface area contributed by atoms with Gasteiger partial charge in [0, 0.05) is 40.7 Å². The number of anilines is 1. The van der Waals surface area contributed by atoms with Crippen molar-refractivity contribution in [2.75, 3.05) is 26.0 Å². The number of nitrogens with two attached hydrogens (primary N) is 1. The Bertz CT molecular complexity index is 1000. The third kappa shape index (κ3) is 5.70. The quantitative estimate of drug-likeness (QED) is 0.512. The number of hydrogen-bond acceptors (Lipinski definition) is 7. The smallest absolute Gasteiger partial charge is 0.406 e. The number of amides is 2. The van der Waals surface area contributed by atoms with Crippen molar-refractivity contribution in [1.82, 2.24) is 15.2 Å². The summed E-state index contributed by atoms with van der Waals surface area (Å²) in [5.41, 5.74) is 8.28. The molecule has 0 spiro atoms. The van der Waals surface area contributed by atoms with Gasteiger partial charge in [-0.3, -0.25) is 4.79 Å². The van der Waals surface area contributed by atoms with Gasteiger partial charge in [-0.05, 0) is 75.6 Å². The number of nitrogen functional groups attached to an aromatic ring is 1. The number of aryl methyl sites for hydroxylation is 1. The van der Waals surface area contributed by atoms with Crippen LogP contribution in [0, 0.1) is 0 Å². The van der Waals surface area contributed by atoms with Crippen molar-refractivity contribution in [3.63, 3.8) is 0 Å². The molecular weight excluding hydrogens is 452 g/mol. The molecule has 1 saturated carbocycles. The van der Waals surface area contributed by atoms with Gasteiger partial charge in [-0.1, -0.05) is 0 Å². The minimum atomic E-state index is -0.431. The summed E-state index contributed by atoms with van der Waals surface area (Å²) in [6.45, 7) is 3.29. The van der Waals surface area contributed by atoms with Crippen molar-refractivity contribution in [2.24, 2.45) is 0 Å². The van der Waals surface area contributed by atoms with Gasteiger partial charge in [0.05, 0.1) is 13.2 Å². The number of thiophene rings is 1. The van der Waals surface area contributed by atoms with Crippen LogP contribution in [0.25, 0.3) is 10.4 Å². The fraction of sp³-hybridized carbons (Fsp3) is 0.560. The average molecular weight is 487 g/mol. The number of methoxy groups -OCH3 is 1. The van der Waals surface area contributed by atoms with E-state index < -0.39 is 6.09 Å². The molecule has 9 heteroatoms. The molecule has 0 radical (unpaired) electrons. The van der Waals surface area contributed by atoms with E-state index in [2.05, 4.69) is 32.9 Å². The minimum Gasteiger partial charge on any atom is -0.453 e. The van der Waals surface area contributed by atoms with Crippen LogP contribution < -0.4 is 11.1 Å². The Kier molecular flexibility index (Phi) is 8.05. The van der Waals surface area contributed by atoms with E-state index in [1.54, 1.807) is 17.5 Å². The van der Waals surface area contributed by atoms with Crippen LogP contribution in [0.15, 0.2) is 24.4 Å². The molecule has 2 atom stereocenters. The van der Waals surface area contributed by atoms with Crippen molar-refractivity contribution in [3.05, 3.63) is 34.8 Å². The molecule has 1 unspecified atom stereocenters. The summed E-state index contributed by atoms with van der Waals surface area (Å²) in [7, 11) is 1.36. The summed E-state index contributed by atoms with van der Waals surface area (Å²) in [4.78, 5) is 33.4. The largest absolute Gasteiger partial charge is 0.453 e. The lowest BCUT2D eigenvalue weighted by Crippen LogP contribution is -2.44. The van der Waals surface area contributed by atoms with Gasteiger partial charge < -0.3 is 25.4 Å². The predicted octanol–water partition coefficient (Wildman–Crippen LogP) is 4.30. The first-order chi connectivity index (χ1) is 16.5. The second-order valence-electron chi connectivity index (χ2n) is 8.97. The fourth-order valence-electron chi connectivity index (χ4n) is 4.50. The molecule has 1 aliphatic carbocycles. The van der Waals surface area contributed by atoms with Crippen molar-refractivity contribution >= 4 is 29.2 Å². The van der Waals surface area contributed by atoms with Crippen molar-refractivity contribution in [2.45, 2.75) is 70.1 Å². The Morgan fingerprint density at radius 3 is 2.85 bits per heavy atom. The summed E-state index contributed by atoms with van der Waals surface area (Å²) >= 11 is 1.67. The lowest BCUT2D eigenvalue weighted by molar-refractivity contribution is -0.149. The van der Waals surface area contributed by atoms with Gasteiger partial charge in [0.2, 0.25) is 0 Å². The zero-order valence-corrected chi connectivity index (χ0v) is 20.7. The van der Waals surface area contributed by atoms with Crippen molar-refractivity contribution < 1.29 is 19.1 Å². The molecule has 3 N–H and O–H groups in total. The van der Waals surface area contributed by atoms with E-state index in [1.165, 1.54) is 7.11 Å². The number of carbonyl (C=O) groups excluding carboxylic acids is 2. The molecule has 1 aliphatic heterocycles. The molecule has 3 heterocycles. The number of aromatic nitrogens is 1. The number of pyridine rings is 1. The van der Waals surface area contributed by atoms with Gasteiger partial charge in [-0.2, -0.15) is 0 Å². The first-order valence-electron chi connectivity index (χ1n) is 12.1. The second kappa shape index (κ2) is 11.2. The van der Waals surface area contributed by atoms with Crippen LogP contribution in [0.4, 0.5) is 10.6 Å². The first kappa shape index (κ1) is 24.5. The van der Waals surface area contributed by atoms with E-state index in [9.17, 15) is 9.59 Å². The molecule has 1 saturated heterocycles. The van der Waals surface area contributed by atoms with E-state index in [-0.39, 0.29) is 24.1 Å². The summed E-state index contributed by atoms with van der Waals surface area (Å²) in [6.07, 6.45) is 7.41. The van der Waals surface area contributed by atoms with Gasteiger partial charge in [-0.15, -0.1) is 11.3 Å².